The van der Waals surface area contributed by atoms with Crippen LogP contribution in [0.15, 0.2) is 72.5 Å². The number of fused-ring (bicyclic) bond motifs is 5. The number of aliphatic hydroxyl groups excluding tert-OH is 1. The van der Waals surface area contributed by atoms with Gasteiger partial charge in [-0.15, -0.1) is 34.9 Å². The Morgan fingerprint density at radius 3 is 2.10 bits per heavy atom. The first-order chi connectivity index (χ1) is 18.5. The van der Waals surface area contributed by atoms with E-state index in [9.17, 15) is 14.7 Å². The molecule has 0 bridgehead atoms. The molecule has 1 N–H and O–H groups in total. The molecule has 0 aliphatic heterocycles. The van der Waals surface area contributed by atoms with E-state index >= 15 is 0 Å². The Bertz CT molecular complexity index is 1560. The van der Waals surface area contributed by atoms with Crippen LogP contribution >= 0.6 is 0 Å². The van der Waals surface area contributed by atoms with E-state index in [4.69, 9.17) is 4.98 Å². The van der Waals surface area contributed by atoms with Gasteiger partial charge in [-0.05, 0) is 33.9 Å². The summed E-state index contributed by atoms with van der Waals surface area (Å²) in [6.07, 6.45) is 2.46. The van der Waals surface area contributed by atoms with Gasteiger partial charge < -0.3 is 5.11 Å². The Hall–Kier alpha value is -3.40. The van der Waals surface area contributed by atoms with Gasteiger partial charge in [-0.25, -0.2) is 0 Å². The summed E-state index contributed by atoms with van der Waals surface area (Å²) in [5, 5.41) is 11.5. The maximum atomic E-state index is 13.0. The van der Waals surface area contributed by atoms with Crippen molar-refractivity contribution in [2.24, 2.45) is 11.8 Å². The van der Waals surface area contributed by atoms with E-state index < -0.39 is 0 Å². The number of ketones is 2. The Morgan fingerprint density at radius 1 is 0.875 bits per heavy atom. The molecule has 5 heteroatoms. The maximum absolute atomic E-state index is 13.0. The molecule has 0 unspecified atom stereocenters. The molecule has 0 spiro atoms. The van der Waals surface area contributed by atoms with Gasteiger partial charge in [0.05, 0.1) is 5.76 Å². The first kappa shape index (κ1) is 31.1. The zero-order chi connectivity index (χ0) is 28.3. The number of pyridine rings is 1. The fourth-order valence-corrected chi connectivity index (χ4v) is 5.08. The zero-order valence-corrected chi connectivity index (χ0v) is 26.4. The van der Waals surface area contributed by atoms with E-state index in [1.165, 1.54) is 6.08 Å². The summed E-state index contributed by atoms with van der Waals surface area (Å²) in [5.41, 5.74) is 7.21. The first-order valence-corrected chi connectivity index (χ1v) is 13.5. The molecule has 209 valence electrons. The summed E-state index contributed by atoms with van der Waals surface area (Å²) >= 11 is 0. The number of aryl methyl sites for hydroxylation is 2. The third-order valence-corrected chi connectivity index (χ3v) is 6.53. The number of hydrogen-bond donors (Lipinski definition) is 1. The van der Waals surface area contributed by atoms with Gasteiger partial charge in [-0.3, -0.25) is 14.6 Å². The van der Waals surface area contributed by atoms with Crippen LogP contribution in [0.1, 0.15) is 67.7 Å². The van der Waals surface area contributed by atoms with Gasteiger partial charge in [0, 0.05) is 50.1 Å². The summed E-state index contributed by atoms with van der Waals surface area (Å²) in [6.45, 7) is 12.1. The minimum atomic E-state index is 0. The van der Waals surface area contributed by atoms with Crippen molar-refractivity contribution in [1.82, 2.24) is 4.98 Å². The van der Waals surface area contributed by atoms with Crippen molar-refractivity contribution >= 4 is 22.3 Å². The van der Waals surface area contributed by atoms with Gasteiger partial charge in [0.25, 0.3) is 0 Å². The third kappa shape index (κ3) is 7.02. The molecule has 1 aliphatic carbocycles. The van der Waals surface area contributed by atoms with Crippen LogP contribution in [0.4, 0.5) is 0 Å². The molecule has 5 rings (SSSR count). The number of aliphatic hydroxyl groups is 1. The number of carbonyl (C=O) groups is 2. The van der Waals surface area contributed by atoms with E-state index in [-0.39, 0.29) is 37.4 Å². The molecule has 0 saturated carbocycles. The second kappa shape index (κ2) is 13.3. The molecular formula is C35H36IrNO3-. The molecule has 1 radical (unpaired) electrons. The smallest absolute Gasteiger partial charge is 0.211 e. The quantitative estimate of drug-likeness (QED) is 0.109. The largest absolute Gasteiger partial charge is 0.512 e. The van der Waals surface area contributed by atoms with Crippen molar-refractivity contribution in [3.8, 4) is 22.4 Å². The zero-order valence-electron chi connectivity index (χ0n) is 24.0. The topological polar surface area (TPSA) is 67.3 Å². The second-order valence-corrected chi connectivity index (χ2v) is 11.2. The van der Waals surface area contributed by atoms with Gasteiger partial charge in [-0.1, -0.05) is 90.1 Å². The summed E-state index contributed by atoms with van der Waals surface area (Å²) in [7, 11) is 0. The first-order valence-electron chi connectivity index (χ1n) is 13.5. The van der Waals surface area contributed by atoms with Crippen molar-refractivity contribution < 1.29 is 34.8 Å². The fourth-order valence-electron chi connectivity index (χ4n) is 5.08. The number of allylic oxidation sites excluding steroid dienone is 2. The van der Waals surface area contributed by atoms with Crippen LogP contribution in [0.5, 0.6) is 0 Å². The maximum Gasteiger partial charge on any atom is 0.211 e. The molecule has 0 fully saturated rings. The minimum Gasteiger partial charge on any atom is -0.512 e. The van der Waals surface area contributed by atoms with Gasteiger partial charge >= 0.3 is 0 Å². The molecule has 0 atom stereocenters. The number of nitrogens with zero attached hydrogens (tertiary/aromatic N) is 1. The molecule has 1 aromatic heterocycles. The molecular weight excluding hydrogens is 675 g/mol. The number of carbonyl (C=O) groups excluding carboxylic acids is 2. The van der Waals surface area contributed by atoms with Gasteiger partial charge in [-0.2, -0.15) is 0 Å². The molecule has 1 heterocycles. The summed E-state index contributed by atoms with van der Waals surface area (Å²) in [4.78, 5) is 29.0. The normalized spacial score (nSPS) is 12.1. The van der Waals surface area contributed by atoms with Crippen molar-refractivity contribution in [2.45, 2.75) is 54.4 Å². The van der Waals surface area contributed by atoms with Crippen LogP contribution in [0, 0.1) is 31.7 Å². The predicted molar refractivity (Wildman–Crippen MR) is 159 cm³/mol. The summed E-state index contributed by atoms with van der Waals surface area (Å²) in [5.74, 6) is 0.986. The fraction of sp³-hybridized carbons (Fsp3) is 0.286. The SMILES string of the molecule is CC(C)CC(=O)/C=C(\O)CC(C)C.Cc1[c-]c(-c2nc3c(c4ccccc24)-c2ccccc2C3=O)cc(C)c1.[Ir]. The van der Waals surface area contributed by atoms with Gasteiger partial charge in [0.2, 0.25) is 5.78 Å². The van der Waals surface area contributed by atoms with Crippen LogP contribution in [0.25, 0.3) is 33.2 Å². The van der Waals surface area contributed by atoms with Crippen molar-refractivity contribution in [2.75, 3.05) is 0 Å². The van der Waals surface area contributed by atoms with Crippen molar-refractivity contribution in [1.29, 1.82) is 0 Å². The van der Waals surface area contributed by atoms with Crippen LogP contribution in [0.2, 0.25) is 0 Å². The molecule has 0 saturated heterocycles. The molecule has 40 heavy (non-hydrogen) atoms. The van der Waals surface area contributed by atoms with Gasteiger partial charge in [0.15, 0.2) is 5.78 Å². The van der Waals surface area contributed by atoms with Crippen LogP contribution in [-0.2, 0) is 24.9 Å². The number of aromatic nitrogens is 1. The van der Waals surface area contributed by atoms with E-state index in [0.29, 0.717) is 30.4 Å². The second-order valence-electron chi connectivity index (χ2n) is 11.2. The van der Waals surface area contributed by atoms with Crippen LogP contribution in [-0.4, -0.2) is 21.7 Å². The van der Waals surface area contributed by atoms with Crippen LogP contribution in [0.3, 0.4) is 0 Å². The molecule has 4 nitrogen and oxygen atoms in total. The van der Waals surface area contributed by atoms with Crippen LogP contribution < -0.4 is 0 Å². The molecule has 4 aromatic rings. The molecule has 3 aromatic carbocycles. The van der Waals surface area contributed by atoms with E-state index in [1.807, 2.05) is 71.0 Å². The van der Waals surface area contributed by atoms with Gasteiger partial charge in [0.1, 0.15) is 5.69 Å². The third-order valence-electron chi connectivity index (χ3n) is 6.53. The number of hydrogen-bond acceptors (Lipinski definition) is 4. The summed E-state index contributed by atoms with van der Waals surface area (Å²) < 4.78 is 0. The Balaban J connectivity index is 0.000000272. The van der Waals surface area contributed by atoms with Crippen molar-refractivity contribution in [3.63, 3.8) is 0 Å². The minimum absolute atomic E-state index is 0. The molecule has 1 aliphatic rings. The average molecular weight is 711 g/mol. The molecule has 0 amide bonds. The summed E-state index contributed by atoms with van der Waals surface area (Å²) in [6, 6.07) is 23.6. The monoisotopic (exact) mass is 711 g/mol. The predicted octanol–water partition coefficient (Wildman–Crippen LogP) is 8.62. The standard InChI is InChI=1S/C24H16NO.C11H20O2.Ir/c1-14-11-15(2)13-16(12-14)22-19-9-5-3-7-17(19)21-18-8-4-6-10-20(18)24(26)23(21)25-22;1-8(2)5-10(12)7-11(13)6-9(3)4;/h3-12H,1-2H3;7-9,12H,5-6H2,1-4H3;/q-1;;/b;10-7-;. The van der Waals surface area contributed by atoms with E-state index in [0.717, 1.165) is 49.8 Å². The van der Waals surface area contributed by atoms with E-state index in [1.54, 1.807) is 0 Å². The Labute approximate surface area is 250 Å². The van der Waals surface area contributed by atoms with Crippen molar-refractivity contribution in [3.05, 3.63) is 101 Å². The average Bonchev–Trinajstić information content (AvgIpc) is 3.14. The Kier molecular flexibility index (Phi) is 10.4. The number of rotatable bonds is 6. The number of benzene rings is 3. The Morgan fingerprint density at radius 2 is 1.48 bits per heavy atom. The van der Waals surface area contributed by atoms with E-state index in [2.05, 4.69) is 37.3 Å².